The maximum absolute atomic E-state index is 6.09. The Morgan fingerprint density at radius 2 is 2.14 bits per heavy atom. The molecule has 2 N–H and O–H groups in total. The summed E-state index contributed by atoms with van der Waals surface area (Å²) in [5.74, 6) is 0.677. The van der Waals surface area contributed by atoms with E-state index in [-0.39, 0.29) is 0 Å². The number of hydrogen-bond donors (Lipinski definition) is 1. The first-order valence-electron chi connectivity index (χ1n) is 7.75. The summed E-state index contributed by atoms with van der Waals surface area (Å²) in [6, 6.07) is 9.54. The molecule has 0 spiro atoms. The van der Waals surface area contributed by atoms with E-state index >= 15 is 0 Å². The molecule has 1 aliphatic rings. The van der Waals surface area contributed by atoms with Crippen molar-refractivity contribution in [2.45, 2.75) is 25.6 Å². The highest BCUT2D eigenvalue weighted by molar-refractivity contribution is 5.26. The second kappa shape index (κ2) is 7.36. The highest BCUT2D eigenvalue weighted by Crippen LogP contribution is 2.29. The SMILES string of the molecule is COCc1cccc(C(CN)N2CC(C)C(N(C)C)C2)c1. The van der Waals surface area contributed by atoms with Crippen LogP contribution < -0.4 is 5.73 Å². The van der Waals surface area contributed by atoms with Gasteiger partial charge >= 0.3 is 0 Å². The lowest BCUT2D eigenvalue weighted by molar-refractivity contribution is 0.184. The lowest BCUT2D eigenvalue weighted by Gasteiger charge is -2.28. The number of nitrogens with zero attached hydrogens (tertiary/aromatic N) is 2. The summed E-state index contributed by atoms with van der Waals surface area (Å²) in [4.78, 5) is 4.86. The fraction of sp³-hybridized carbons (Fsp3) is 0.647. The topological polar surface area (TPSA) is 41.7 Å². The smallest absolute Gasteiger partial charge is 0.0713 e. The van der Waals surface area contributed by atoms with Crippen LogP contribution in [-0.4, -0.2) is 56.7 Å². The van der Waals surface area contributed by atoms with Gasteiger partial charge < -0.3 is 15.4 Å². The van der Waals surface area contributed by atoms with Crippen LogP contribution in [0.2, 0.25) is 0 Å². The molecule has 3 atom stereocenters. The molecule has 4 heteroatoms. The molecule has 3 unspecified atom stereocenters. The minimum atomic E-state index is 0.300. The highest BCUT2D eigenvalue weighted by Gasteiger charge is 2.34. The van der Waals surface area contributed by atoms with Crippen LogP contribution in [0.3, 0.4) is 0 Å². The third-order valence-electron chi connectivity index (χ3n) is 4.58. The first-order chi connectivity index (χ1) is 10.1. The Morgan fingerprint density at radius 3 is 2.71 bits per heavy atom. The summed E-state index contributed by atoms with van der Waals surface area (Å²) in [6.45, 7) is 5.84. The van der Waals surface area contributed by atoms with Gasteiger partial charge in [0.15, 0.2) is 0 Å². The minimum Gasteiger partial charge on any atom is -0.380 e. The molecule has 0 saturated carbocycles. The number of likely N-dealkylation sites (N-methyl/N-ethyl adjacent to an activating group) is 1. The number of nitrogens with two attached hydrogens (primary N) is 1. The summed E-state index contributed by atoms with van der Waals surface area (Å²) in [5.41, 5.74) is 8.61. The number of methoxy groups -OCH3 is 1. The van der Waals surface area contributed by atoms with Crippen LogP contribution in [0.5, 0.6) is 0 Å². The maximum Gasteiger partial charge on any atom is 0.0713 e. The van der Waals surface area contributed by atoms with Crippen molar-refractivity contribution in [3.63, 3.8) is 0 Å². The normalized spacial score (nSPS) is 24.7. The molecule has 1 saturated heterocycles. The standard InChI is InChI=1S/C17H29N3O/c1-13-10-20(11-17(13)19(2)3)16(9-18)15-7-5-6-14(8-15)12-21-4/h5-8,13,16-17H,9-12,18H2,1-4H3. The van der Waals surface area contributed by atoms with Gasteiger partial charge in [0.05, 0.1) is 6.61 Å². The minimum absolute atomic E-state index is 0.300. The third kappa shape index (κ3) is 3.83. The molecular formula is C17H29N3O. The van der Waals surface area contributed by atoms with E-state index in [4.69, 9.17) is 10.5 Å². The van der Waals surface area contributed by atoms with Gasteiger partial charge in [-0.3, -0.25) is 4.90 Å². The van der Waals surface area contributed by atoms with Crippen LogP contribution in [0, 0.1) is 5.92 Å². The summed E-state index contributed by atoms with van der Waals surface area (Å²) >= 11 is 0. The van der Waals surface area contributed by atoms with Gasteiger partial charge in [-0.2, -0.15) is 0 Å². The summed E-state index contributed by atoms with van der Waals surface area (Å²) < 4.78 is 5.24. The molecular weight excluding hydrogens is 262 g/mol. The molecule has 1 aromatic rings. The van der Waals surface area contributed by atoms with Crippen LogP contribution in [0.1, 0.15) is 24.1 Å². The molecule has 21 heavy (non-hydrogen) atoms. The van der Waals surface area contributed by atoms with Crippen molar-refractivity contribution in [1.29, 1.82) is 0 Å². The van der Waals surface area contributed by atoms with Crippen LogP contribution in [0.25, 0.3) is 0 Å². The Balaban J connectivity index is 2.15. The predicted octanol–water partition coefficient (Wildman–Crippen LogP) is 1.71. The first kappa shape index (κ1) is 16.4. The highest BCUT2D eigenvalue weighted by atomic mass is 16.5. The molecule has 0 radical (unpaired) electrons. The molecule has 4 nitrogen and oxygen atoms in total. The van der Waals surface area contributed by atoms with E-state index in [0.717, 1.165) is 13.1 Å². The van der Waals surface area contributed by atoms with Crippen LogP contribution >= 0.6 is 0 Å². The van der Waals surface area contributed by atoms with Crippen molar-refractivity contribution < 1.29 is 4.74 Å². The largest absolute Gasteiger partial charge is 0.380 e. The fourth-order valence-corrected chi connectivity index (χ4v) is 3.47. The number of benzene rings is 1. The van der Waals surface area contributed by atoms with Crippen molar-refractivity contribution in [2.24, 2.45) is 11.7 Å². The van der Waals surface area contributed by atoms with Crippen molar-refractivity contribution in [3.8, 4) is 0 Å². The number of hydrogen-bond acceptors (Lipinski definition) is 4. The van der Waals surface area contributed by atoms with E-state index in [1.807, 2.05) is 0 Å². The molecule has 118 valence electrons. The van der Waals surface area contributed by atoms with Crippen molar-refractivity contribution in [2.75, 3.05) is 40.8 Å². The van der Waals surface area contributed by atoms with Crippen molar-refractivity contribution >= 4 is 0 Å². The van der Waals surface area contributed by atoms with E-state index in [9.17, 15) is 0 Å². The molecule has 1 fully saturated rings. The molecule has 0 amide bonds. The Bertz CT molecular complexity index is 449. The monoisotopic (exact) mass is 291 g/mol. The molecule has 0 aliphatic carbocycles. The molecule has 0 bridgehead atoms. The van der Waals surface area contributed by atoms with Gasteiger partial charge in [0.25, 0.3) is 0 Å². The Labute approximate surface area is 128 Å². The van der Waals surface area contributed by atoms with Crippen molar-refractivity contribution in [3.05, 3.63) is 35.4 Å². The summed E-state index contributed by atoms with van der Waals surface area (Å²) in [5, 5.41) is 0. The molecule has 1 aromatic carbocycles. The van der Waals surface area contributed by atoms with Gasteiger partial charge in [0.2, 0.25) is 0 Å². The van der Waals surface area contributed by atoms with Crippen LogP contribution in [0.4, 0.5) is 0 Å². The quantitative estimate of drug-likeness (QED) is 0.866. The van der Waals surface area contributed by atoms with E-state index in [2.05, 4.69) is 55.1 Å². The average Bonchev–Trinajstić information content (AvgIpc) is 2.82. The fourth-order valence-electron chi connectivity index (χ4n) is 3.47. The molecule has 0 aromatic heterocycles. The van der Waals surface area contributed by atoms with E-state index in [1.54, 1.807) is 7.11 Å². The average molecular weight is 291 g/mol. The summed E-state index contributed by atoms with van der Waals surface area (Å²) in [6.07, 6.45) is 0. The second-order valence-corrected chi connectivity index (χ2v) is 6.39. The Morgan fingerprint density at radius 1 is 1.38 bits per heavy atom. The second-order valence-electron chi connectivity index (χ2n) is 6.39. The number of likely N-dealkylation sites (tertiary alicyclic amines) is 1. The van der Waals surface area contributed by atoms with Gasteiger partial charge in [-0.15, -0.1) is 0 Å². The lowest BCUT2D eigenvalue weighted by Crippen LogP contribution is -2.36. The van der Waals surface area contributed by atoms with Gasteiger partial charge in [-0.25, -0.2) is 0 Å². The van der Waals surface area contributed by atoms with E-state index < -0.39 is 0 Å². The van der Waals surface area contributed by atoms with Gasteiger partial charge in [0, 0.05) is 38.8 Å². The Kier molecular flexibility index (Phi) is 5.76. The molecule has 1 heterocycles. The maximum atomic E-state index is 6.09. The van der Waals surface area contributed by atoms with Gasteiger partial charge in [0.1, 0.15) is 0 Å². The van der Waals surface area contributed by atoms with Crippen LogP contribution in [0.15, 0.2) is 24.3 Å². The first-order valence-corrected chi connectivity index (χ1v) is 7.75. The number of rotatable bonds is 6. The summed E-state index contributed by atoms with van der Waals surface area (Å²) in [7, 11) is 6.07. The van der Waals surface area contributed by atoms with E-state index in [0.29, 0.717) is 31.2 Å². The molecule has 1 aliphatic heterocycles. The van der Waals surface area contributed by atoms with Crippen LogP contribution in [-0.2, 0) is 11.3 Å². The third-order valence-corrected chi connectivity index (χ3v) is 4.58. The zero-order chi connectivity index (χ0) is 15.4. The van der Waals surface area contributed by atoms with Crippen molar-refractivity contribution in [1.82, 2.24) is 9.80 Å². The molecule has 2 rings (SSSR count). The van der Waals surface area contributed by atoms with E-state index in [1.165, 1.54) is 11.1 Å². The lowest BCUT2D eigenvalue weighted by atomic mass is 10.0. The predicted molar refractivity (Wildman–Crippen MR) is 87.2 cm³/mol. The zero-order valence-electron chi connectivity index (χ0n) is 13.7. The zero-order valence-corrected chi connectivity index (χ0v) is 13.7. The van der Waals surface area contributed by atoms with Gasteiger partial charge in [-0.1, -0.05) is 31.2 Å². The number of ether oxygens (including phenoxy) is 1. The van der Waals surface area contributed by atoms with Gasteiger partial charge in [-0.05, 0) is 31.1 Å². The Hall–Kier alpha value is -0.940.